The monoisotopic (exact) mass is 319 g/mol. The van der Waals surface area contributed by atoms with Crippen LogP contribution in [0.25, 0.3) is 0 Å². The molecule has 124 valence electrons. The standard InChI is InChI=1S/C17H22FN3O2/c1-19-17(23)14-8-12-9-21(10-15(12)20(14)2)16(22)7-11-3-5-13(18)6-4-11/h3-6,12,14-15H,7-10H2,1-2H3,(H,19,23)/t12-,14-,15+/m0/s1. The van der Waals surface area contributed by atoms with Crippen LogP contribution in [0.2, 0.25) is 0 Å². The highest BCUT2D eigenvalue weighted by Crippen LogP contribution is 2.34. The first-order valence-corrected chi connectivity index (χ1v) is 7.95. The molecule has 0 bridgehead atoms. The number of halogens is 1. The van der Waals surface area contributed by atoms with Crippen molar-refractivity contribution in [1.29, 1.82) is 0 Å². The summed E-state index contributed by atoms with van der Waals surface area (Å²) >= 11 is 0. The molecule has 2 aliphatic heterocycles. The Hall–Kier alpha value is -1.95. The van der Waals surface area contributed by atoms with Crippen molar-refractivity contribution in [3.8, 4) is 0 Å². The Balaban J connectivity index is 1.60. The molecule has 2 aliphatic rings. The van der Waals surface area contributed by atoms with Crippen molar-refractivity contribution in [1.82, 2.24) is 15.1 Å². The molecule has 2 heterocycles. The van der Waals surface area contributed by atoms with Crippen molar-refractivity contribution in [3.63, 3.8) is 0 Å². The third-order valence-electron chi connectivity index (χ3n) is 5.12. The molecule has 5 nitrogen and oxygen atoms in total. The van der Waals surface area contributed by atoms with Gasteiger partial charge in [-0.05, 0) is 37.1 Å². The lowest BCUT2D eigenvalue weighted by molar-refractivity contribution is -0.130. The number of hydrogen-bond donors (Lipinski definition) is 1. The van der Waals surface area contributed by atoms with Crippen LogP contribution in [0, 0.1) is 11.7 Å². The number of carbonyl (C=O) groups excluding carboxylic acids is 2. The summed E-state index contributed by atoms with van der Waals surface area (Å²) in [5.41, 5.74) is 0.824. The Morgan fingerprint density at radius 3 is 2.57 bits per heavy atom. The minimum Gasteiger partial charge on any atom is -0.358 e. The summed E-state index contributed by atoms with van der Waals surface area (Å²) in [6.07, 6.45) is 1.09. The van der Waals surface area contributed by atoms with Gasteiger partial charge in [-0.2, -0.15) is 0 Å². The maximum absolute atomic E-state index is 12.9. The summed E-state index contributed by atoms with van der Waals surface area (Å²) in [5, 5.41) is 2.71. The summed E-state index contributed by atoms with van der Waals surface area (Å²) in [5.74, 6) is 0.167. The summed E-state index contributed by atoms with van der Waals surface area (Å²) in [6.45, 7) is 1.36. The second-order valence-electron chi connectivity index (χ2n) is 6.46. The average molecular weight is 319 g/mol. The van der Waals surface area contributed by atoms with E-state index < -0.39 is 0 Å². The van der Waals surface area contributed by atoms with Crippen molar-refractivity contribution >= 4 is 11.8 Å². The van der Waals surface area contributed by atoms with Gasteiger partial charge in [0.1, 0.15) is 5.82 Å². The number of rotatable bonds is 3. The van der Waals surface area contributed by atoms with E-state index in [2.05, 4.69) is 10.2 Å². The van der Waals surface area contributed by atoms with E-state index in [4.69, 9.17) is 0 Å². The van der Waals surface area contributed by atoms with Crippen molar-refractivity contribution in [2.24, 2.45) is 5.92 Å². The lowest BCUT2D eigenvalue weighted by Gasteiger charge is -2.25. The van der Waals surface area contributed by atoms with Gasteiger partial charge in [0.25, 0.3) is 0 Å². The third-order valence-corrected chi connectivity index (χ3v) is 5.12. The van der Waals surface area contributed by atoms with Crippen LogP contribution in [0.5, 0.6) is 0 Å². The first-order valence-electron chi connectivity index (χ1n) is 7.95. The van der Waals surface area contributed by atoms with Gasteiger partial charge in [0.2, 0.25) is 11.8 Å². The SMILES string of the molecule is CNC(=O)[C@@H]1C[C@H]2CN(C(=O)Cc3ccc(F)cc3)C[C@H]2N1C. The Bertz CT molecular complexity index is 604. The van der Waals surface area contributed by atoms with Crippen molar-refractivity contribution in [2.45, 2.75) is 24.9 Å². The molecule has 3 atom stereocenters. The Morgan fingerprint density at radius 1 is 1.26 bits per heavy atom. The highest BCUT2D eigenvalue weighted by molar-refractivity contribution is 5.82. The maximum Gasteiger partial charge on any atom is 0.237 e. The summed E-state index contributed by atoms with van der Waals surface area (Å²) in [6, 6.07) is 6.21. The number of likely N-dealkylation sites (N-methyl/N-ethyl adjacent to an activating group) is 2. The number of likely N-dealkylation sites (tertiary alicyclic amines) is 2. The lowest BCUT2D eigenvalue weighted by Crippen LogP contribution is -2.45. The predicted molar refractivity (Wildman–Crippen MR) is 84.2 cm³/mol. The van der Waals surface area contributed by atoms with Gasteiger partial charge in [-0.3, -0.25) is 14.5 Å². The minimum atomic E-state index is -0.293. The largest absolute Gasteiger partial charge is 0.358 e. The Kier molecular flexibility index (Phi) is 4.35. The van der Waals surface area contributed by atoms with Gasteiger partial charge in [0.05, 0.1) is 12.5 Å². The molecule has 1 N–H and O–H groups in total. The van der Waals surface area contributed by atoms with Crippen LogP contribution in [-0.4, -0.2) is 60.9 Å². The van der Waals surface area contributed by atoms with Crippen molar-refractivity contribution in [2.75, 3.05) is 27.2 Å². The number of fused-ring (bicyclic) bond motifs is 1. The van der Waals surface area contributed by atoms with E-state index in [1.54, 1.807) is 19.2 Å². The molecule has 3 rings (SSSR count). The summed E-state index contributed by atoms with van der Waals surface area (Å²) in [4.78, 5) is 28.3. The zero-order valence-electron chi connectivity index (χ0n) is 13.5. The second kappa shape index (κ2) is 6.28. The summed E-state index contributed by atoms with van der Waals surface area (Å²) in [7, 11) is 3.61. The zero-order valence-corrected chi connectivity index (χ0v) is 13.5. The van der Waals surface area contributed by atoms with E-state index in [0.29, 0.717) is 25.4 Å². The molecular formula is C17H22FN3O2. The number of benzene rings is 1. The van der Waals surface area contributed by atoms with E-state index in [1.807, 2.05) is 11.9 Å². The van der Waals surface area contributed by atoms with Gasteiger partial charge in [0.15, 0.2) is 0 Å². The van der Waals surface area contributed by atoms with Gasteiger partial charge in [-0.25, -0.2) is 4.39 Å². The first-order chi connectivity index (χ1) is 11.0. The second-order valence-corrected chi connectivity index (χ2v) is 6.46. The maximum atomic E-state index is 12.9. The lowest BCUT2D eigenvalue weighted by atomic mass is 10.0. The van der Waals surface area contributed by atoms with Crippen molar-refractivity contribution in [3.05, 3.63) is 35.6 Å². The molecule has 0 aliphatic carbocycles. The summed E-state index contributed by atoms with van der Waals surface area (Å²) < 4.78 is 12.9. The van der Waals surface area contributed by atoms with Crippen LogP contribution < -0.4 is 5.32 Å². The molecule has 0 unspecified atom stereocenters. The van der Waals surface area contributed by atoms with Crippen LogP contribution in [0.1, 0.15) is 12.0 Å². The van der Waals surface area contributed by atoms with Gasteiger partial charge in [0, 0.05) is 26.2 Å². The molecule has 1 aromatic rings. The van der Waals surface area contributed by atoms with E-state index in [9.17, 15) is 14.0 Å². The average Bonchev–Trinajstić information content (AvgIpc) is 3.09. The molecule has 2 fully saturated rings. The molecule has 6 heteroatoms. The molecule has 0 spiro atoms. The topological polar surface area (TPSA) is 52.7 Å². The Morgan fingerprint density at radius 2 is 1.96 bits per heavy atom. The van der Waals surface area contributed by atoms with Crippen LogP contribution in [0.15, 0.2) is 24.3 Å². The first kappa shape index (κ1) is 15.9. The molecule has 2 amide bonds. The molecule has 0 radical (unpaired) electrons. The van der Waals surface area contributed by atoms with E-state index in [1.165, 1.54) is 12.1 Å². The van der Waals surface area contributed by atoms with Crippen LogP contribution in [-0.2, 0) is 16.0 Å². The normalized spacial score (nSPS) is 27.1. The molecular weight excluding hydrogens is 297 g/mol. The number of amides is 2. The molecule has 0 aromatic heterocycles. The van der Waals surface area contributed by atoms with Crippen LogP contribution in [0.4, 0.5) is 4.39 Å². The fraction of sp³-hybridized carbons (Fsp3) is 0.529. The third kappa shape index (κ3) is 3.08. The van der Waals surface area contributed by atoms with Gasteiger partial charge >= 0.3 is 0 Å². The minimum absolute atomic E-state index is 0.0473. The van der Waals surface area contributed by atoms with Crippen molar-refractivity contribution < 1.29 is 14.0 Å². The predicted octanol–water partition coefficient (Wildman–Crippen LogP) is 0.645. The highest BCUT2D eigenvalue weighted by Gasteiger charge is 2.47. The van der Waals surface area contributed by atoms with Crippen LogP contribution >= 0.6 is 0 Å². The van der Waals surface area contributed by atoms with Crippen LogP contribution in [0.3, 0.4) is 0 Å². The number of nitrogens with zero attached hydrogens (tertiary/aromatic N) is 2. The van der Waals surface area contributed by atoms with Gasteiger partial charge in [-0.1, -0.05) is 12.1 Å². The zero-order chi connectivity index (χ0) is 16.6. The smallest absolute Gasteiger partial charge is 0.237 e. The fourth-order valence-corrected chi connectivity index (χ4v) is 3.78. The quantitative estimate of drug-likeness (QED) is 0.890. The fourth-order valence-electron chi connectivity index (χ4n) is 3.78. The van der Waals surface area contributed by atoms with Gasteiger partial charge in [-0.15, -0.1) is 0 Å². The van der Waals surface area contributed by atoms with E-state index >= 15 is 0 Å². The molecule has 2 saturated heterocycles. The van der Waals surface area contributed by atoms with E-state index in [0.717, 1.165) is 12.0 Å². The highest BCUT2D eigenvalue weighted by atomic mass is 19.1. The Labute approximate surface area is 135 Å². The number of carbonyl (C=O) groups is 2. The number of hydrogen-bond acceptors (Lipinski definition) is 3. The molecule has 23 heavy (non-hydrogen) atoms. The molecule has 1 aromatic carbocycles. The van der Waals surface area contributed by atoms with E-state index in [-0.39, 0.29) is 29.7 Å². The van der Waals surface area contributed by atoms with Gasteiger partial charge < -0.3 is 10.2 Å². The molecule has 0 saturated carbocycles. The number of nitrogens with one attached hydrogen (secondary N) is 1.